The molecule has 0 saturated carbocycles. The lowest BCUT2D eigenvalue weighted by Crippen LogP contribution is -2.30. The molecule has 0 fully saturated rings. The molecular weight excluding hydrogens is 512 g/mol. The quantitative estimate of drug-likeness (QED) is 0.263. The highest BCUT2D eigenvalue weighted by atomic mass is 35.5. The molecule has 1 aromatic heterocycles. The van der Waals surface area contributed by atoms with Crippen LogP contribution in [-0.2, 0) is 10.0 Å². The Morgan fingerprint density at radius 2 is 1.58 bits per heavy atom. The number of hydrogen-bond donors (Lipinski definition) is 2. The van der Waals surface area contributed by atoms with E-state index in [0.29, 0.717) is 36.0 Å². The van der Waals surface area contributed by atoms with Gasteiger partial charge in [0.05, 0.1) is 34.7 Å². The number of rotatable bonds is 11. The molecule has 3 rings (SSSR count). The maximum Gasteiger partial charge on any atom is 0.353 e. The SMILES string of the molecule is CCN(CC)S(=O)(=O)c1ccc(Nc2ncnc(Nc3cc(Cl)c(OC)cc3OC)c2[N+](=O)[O-])cc1. The number of sulfonamides is 1. The molecule has 0 aliphatic rings. The minimum Gasteiger partial charge on any atom is -0.495 e. The molecule has 192 valence electrons. The zero-order valence-electron chi connectivity index (χ0n) is 20.0. The number of halogens is 1. The maximum atomic E-state index is 12.7. The maximum absolute atomic E-state index is 12.7. The van der Waals surface area contributed by atoms with Gasteiger partial charge in [-0.1, -0.05) is 25.4 Å². The van der Waals surface area contributed by atoms with Crippen LogP contribution in [0.4, 0.5) is 28.7 Å². The molecule has 14 heteroatoms. The lowest BCUT2D eigenvalue weighted by Gasteiger charge is -2.18. The number of benzene rings is 2. The number of anilines is 4. The fraction of sp³-hybridized carbons (Fsp3) is 0.273. The predicted molar refractivity (Wildman–Crippen MR) is 136 cm³/mol. The second-order valence-electron chi connectivity index (χ2n) is 7.23. The van der Waals surface area contributed by atoms with E-state index >= 15 is 0 Å². The molecule has 12 nitrogen and oxygen atoms in total. The fourth-order valence-electron chi connectivity index (χ4n) is 3.38. The van der Waals surface area contributed by atoms with E-state index in [0.717, 1.165) is 6.33 Å². The summed E-state index contributed by atoms with van der Waals surface area (Å²) >= 11 is 6.20. The van der Waals surface area contributed by atoms with Gasteiger partial charge in [0.2, 0.25) is 21.7 Å². The van der Waals surface area contributed by atoms with Crippen molar-refractivity contribution in [2.75, 3.05) is 37.9 Å². The summed E-state index contributed by atoms with van der Waals surface area (Å²) in [6.45, 7) is 4.19. The van der Waals surface area contributed by atoms with Crippen molar-refractivity contribution in [1.82, 2.24) is 14.3 Å². The number of ether oxygens (including phenoxy) is 2. The lowest BCUT2D eigenvalue weighted by molar-refractivity contribution is -0.383. The summed E-state index contributed by atoms with van der Waals surface area (Å²) in [5.74, 6) is 0.474. The predicted octanol–water partition coefficient (Wildman–Crippen LogP) is 4.57. The van der Waals surface area contributed by atoms with Gasteiger partial charge in [0.15, 0.2) is 0 Å². The molecule has 0 amide bonds. The summed E-state index contributed by atoms with van der Waals surface area (Å²) in [5, 5.41) is 17.9. The molecule has 36 heavy (non-hydrogen) atoms. The first-order valence-electron chi connectivity index (χ1n) is 10.7. The second-order valence-corrected chi connectivity index (χ2v) is 9.57. The van der Waals surface area contributed by atoms with E-state index < -0.39 is 20.6 Å². The first-order valence-corrected chi connectivity index (χ1v) is 12.5. The molecule has 0 bridgehead atoms. The molecule has 2 N–H and O–H groups in total. The van der Waals surface area contributed by atoms with Crippen LogP contribution in [0.1, 0.15) is 13.8 Å². The Balaban J connectivity index is 1.95. The van der Waals surface area contributed by atoms with E-state index in [-0.39, 0.29) is 21.6 Å². The Hall–Kier alpha value is -3.68. The summed E-state index contributed by atoms with van der Waals surface area (Å²) in [4.78, 5) is 19.4. The number of nitrogens with zero attached hydrogens (tertiary/aromatic N) is 4. The fourth-order valence-corrected chi connectivity index (χ4v) is 5.08. The third-order valence-corrected chi connectivity index (χ3v) is 7.55. The largest absolute Gasteiger partial charge is 0.495 e. The molecule has 0 aliphatic carbocycles. The van der Waals surface area contributed by atoms with Gasteiger partial charge in [0.1, 0.15) is 17.8 Å². The third kappa shape index (κ3) is 5.58. The summed E-state index contributed by atoms with van der Waals surface area (Å²) < 4.78 is 37.2. The van der Waals surface area contributed by atoms with Crippen molar-refractivity contribution in [3.63, 3.8) is 0 Å². The van der Waals surface area contributed by atoms with Crippen molar-refractivity contribution in [2.24, 2.45) is 0 Å². The van der Waals surface area contributed by atoms with E-state index in [1.807, 2.05) is 0 Å². The minimum atomic E-state index is -3.64. The van der Waals surface area contributed by atoms with Gasteiger partial charge in [-0.15, -0.1) is 0 Å². The molecule has 0 radical (unpaired) electrons. The van der Waals surface area contributed by atoms with Crippen LogP contribution in [0.2, 0.25) is 5.02 Å². The molecule has 3 aromatic rings. The van der Waals surface area contributed by atoms with Gasteiger partial charge in [-0.25, -0.2) is 18.4 Å². The van der Waals surface area contributed by atoms with Gasteiger partial charge in [0.25, 0.3) is 0 Å². The van der Waals surface area contributed by atoms with Crippen molar-refractivity contribution in [3.8, 4) is 11.5 Å². The number of methoxy groups -OCH3 is 2. The number of aromatic nitrogens is 2. The van der Waals surface area contributed by atoms with Gasteiger partial charge in [-0.3, -0.25) is 10.1 Å². The van der Waals surface area contributed by atoms with Crippen molar-refractivity contribution in [2.45, 2.75) is 18.7 Å². The zero-order chi connectivity index (χ0) is 26.5. The van der Waals surface area contributed by atoms with Crippen molar-refractivity contribution >= 4 is 50.3 Å². The van der Waals surface area contributed by atoms with Crippen LogP contribution in [0.5, 0.6) is 11.5 Å². The monoisotopic (exact) mass is 536 g/mol. The Labute approximate surface area is 213 Å². The summed E-state index contributed by atoms with van der Waals surface area (Å²) in [7, 11) is -0.758. The van der Waals surface area contributed by atoms with Gasteiger partial charge >= 0.3 is 5.69 Å². The van der Waals surface area contributed by atoms with Crippen molar-refractivity contribution in [3.05, 3.63) is 57.9 Å². The highest BCUT2D eigenvalue weighted by Gasteiger charge is 2.25. The number of nitrogens with one attached hydrogen (secondary N) is 2. The normalized spacial score (nSPS) is 11.3. The Morgan fingerprint density at radius 1 is 1.00 bits per heavy atom. The summed E-state index contributed by atoms with van der Waals surface area (Å²) in [5.41, 5.74) is 0.277. The second kappa shape index (κ2) is 11.4. The highest BCUT2D eigenvalue weighted by molar-refractivity contribution is 7.89. The van der Waals surface area contributed by atoms with Crippen molar-refractivity contribution < 1.29 is 22.8 Å². The van der Waals surface area contributed by atoms with Crippen LogP contribution in [-0.4, -0.2) is 54.9 Å². The molecule has 0 unspecified atom stereocenters. The average molecular weight is 537 g/mol. The minimum absolute atomic E-state index is 0.101. The standard InChI is InChI=1S/C22H25ClN6O6S/c1-5-28(6-2)36(32,33)15-9-7-14(8-10-15)26-21-20(29(30)31)22(25-13-24-21)27-17-11-16(23)18(34-3)12-19(17)35-4/h7-13H,5-6H2,1-4H3,(H2,24,25,26,27). The molecule has 0 saturated heterocycles. The van der Waals surface area contributed by atoms with Crippen LogP contribution in [0.25, 0.3) is 0 Å². The Morgan fingerprint density at radius 3 is 2.11 bits per heavy atom. The van der Waals surface area contributed by atoms with E-state index in [9.17, 15) is 18.5 Å². The number of hydrogen-bond acceptors (Lipinski definition) is 10. The van der Waals surface area contributed by atoms with E-state index in [4.69, 9.17) is 21.1 Å². The van der Waals surface area contributed by atoms with Crippen LogP contribution in [0.15, 0.2) is 47.6 Å². The smallest absolute Gasteiger partial charge is 0.353 e. The molecule has 0 atom stereocenters. The van der Waals surface area contributed by atoms with E-state index in [1.54, 1.807) is 13.8 Å². The topological polar surface area (TPSA) is 149 Å². The van der Waals surface area contributed by atoms with Gasteiger partial charge < -0.3 is 20.1 Å². The highest BCUT2D eigenvalue weighted by Crippen LogP contribution is 2.40. The molecule has 2 aromatic carbocycles. The number of nitro groups is 1. The van der Waals surface area contributed by atoms with Crippen LogP contribution in [0.3, 0.4) is 0 Å². The molecule has 1 heterocycles. The first-order chi connectivity index (χ1) is 17.2. The van der Waals surface area contributed by atoms with Crippen LogP contribution >= 0.6 is 11.6 Å². The average Bonchev–Trinajstić information content (AvgIpc) is 2.85. The van der Waals surface area contributed by atoms with E-state index in [1.165, 1.54) is 54.9 Å². The summed E-state index contributed by atoms with van der Waals surface area (Å²) in [6.07, 6.45) is 1.15. The lowest BCUT2D eigenvalue weighted by atomic mass is 10.2. The van der Waals surface area contributed by atoms with Gasteiger partial charge in [0, 0.05) is 24.8 Å². The molecular formula is C22H25ClN6O6S. The molecule has 0 spiro atoms. The Bertz CT molecular complexity index is 1350. The van der Waals surface area contributed by atoms with E-state index in [2.05, 4.69) is 20.6 Å². The third-order valence-electron chi connectivity index (χ3n) is 5.19. The van der Waals surface area contributed by atoms with Gasteiger partial charge in [-0.2, -0.15) is 4.31 Å². The van der Waals surface area contributed by atoms with Crippen LogP contribution in [0, 0.1) is 10.1 Å². The van der Waals surface area contributed by atoms with Gasteiger partial charge in [-0.05, 0) is 30.3 Å². The molecule has 0 aliphatic heterocycles. The summed E-state index contributed by atoms with van der Waals surface area (Å²) in [6, 6.07) is 8.87. The van der Waals surface area contributed by atoms with Crippen molar-refractivity contribution in [1.29, 1.82) is 0 Å². The van der Waals surface area contributed by atoms with Crippen LogP contribution < -0.4 is 20.1 Å². The zero-order valence-corrected chi connectivity index (χ0v) is 21.6. The first kappa shape index (κ1) is 26.9. The Kier molecular flexibility index (Phi) is 8.50.